The van der Waals surface area contributed by atoms with E-state index in [9.17, 15) is 14.7 Å². The van der Waals surface area contributed by atoms with E-state index in [1.54, 1.807) is 6.07 Å². The monoisotopic (exact) mass is 317 g/mol. The van der Waals surface area contributed by atoms with Crippen molar-refractivity contribution in [3.05, 3.63) is 28.2 Å². The van der Waals surface area contributed by atoms with Gasteiger partial charge in [-0.1, -0.05) is 15.9 Å². The Morgan fingerprint density at radius 3 is 2.78 bits per heavy atom. The summed E-state index contributed by atoms with van der Waals surface area (Å²) < 4.78 is 5.42. The van der Waals surface area contributed by atoms with Crippen LogP contribution in [0.4, 0.5) is 0 Å². The number of carboxylic acid groups (broad SMARTS) is 1. The molecule has 6 nitrogen and oxygen atoms in total. The Bertz CT molecular complexity index is 449. The maximum Gasteiger partial charge on any atom is 0.329 e. The molecular weight excluding hydrogens is 306 g/mol. The molecule has 0 aliphatic carbocycles. The van der Waals surface area contributed by atoms with Crippen LogP contribution in [-0.4, -0.2) is 41.8 Å². The van der Waals surface area contributed by atoms with E-state index in [1.807, 2.05) is 0 Å². The summed E-state index contributed by atoms with van der Waals surface area (Å²) >= 11 is 3.19. The van der Waals surface area contributed by atoms with Crippen LogP contribution in [0.2, 0.25) is 0 Å². The maximum atomic E-state index is 11.7. The van der Waals surface area contributed by atoms with E-state index < -0.39 is 18.5 Å². The fourth-order valence-electron chi connectivity index (χ4n) is 1.18. The molecule has 0 saturated heterocycles. The number of nitrogens with one attached hydrogen (secondary N) is 1. The molecule has 0 bridgehead atoms. The van der Waals surface area contributed by atoms with Gasteiger partial charge in [0.05, 0.1) is 12.2 Å². The minimum Gasteiger partial charge on any atom is -0.507 e. The van der Waals surface area contributed by atoms with Crippen LogP contribution in [0.1, 0.15) is 10.4 Å². The molecule has 7 heteroatoms. The highest BCUT2D eigenvalue weighted by Crippen LogP contribution is 2.21. The van der Waals surface area contributed by atoms with Gasteiger partial charge >= 0.3 is 5.97 Å². The van der Waals surface area contributed by atoms with Gasteiger partial charge in [0.1, 0.15) is 12.4 Å². The third kappa shape index (κ3) is 4.72. The molecule has 0 aromatic heterocycles. The molecule has 18 heavy (non-hydrogen) atoms. The van der Waals surface area contributed by atoms with Crippen LogP contribution in [0.3, 0.4) is 0 Å². The Morgan fingerprint density at radius 2 is 2.11 bits per heavy atom. The van der Waals surface area contributed by atoms with Crippen molar-refractivity contribution in [3.63, 3.8) is 0 Å². The molecule has 0 aliphatic rings. The average molecular weight is 318 g/mol. The second kappa shape index (κ2) is 6.97. The lowest BCUT2D eigenvalue weighted by Gasteiger charge is -2.07. The molecule has 0 heterocycles. The number of aliphatic carboxylic acids is 1. The first-order chi connectivity index (χ1) is 8.50. The van der Waals surface area contributed by atoms with Gasteiger partial charge < -0.3 is 20.3 Å². The minimum atomic E-state index is -1.06. The molecule has 1 aromatic rings. The predicted molar refractivity (Wildman–Crippen MR) is 66.6 cm³/mol. The van der Waals surface area contributed by atoms with Gasteiger partial charge in [0.15, 0.2) is 0 Å². The van der Waals surface area contributed by atoms with Gasteiger partial charge in [-0.05, 0) is 18.2 Å². The standard InChI is InChI=1S/C11H12BrNO5/c12-7-1-2-9(14)8(5-7)11(17)13-3-4-18-6-10(15)16/h1-2,5,14H,3-4,6H2,(H,13,17)(H,15,16). The fraction of sp³-hybridized carbons (Fsp3) is 0.273. The summed E-state index contributed by atoms with van der Waals surface area (Å²) in [5, 5.41) is 20.3. The first-order valence-electron chi connectivity index (χ1n) is 5.07. The molecular formula is C11H12BrNO5. The second-order valence-corrected chi connectivity index (χ2v) is 4.28. The first kappa shape index (κ1) is 14.5. The Kier molecular flexibility index (Phi) is 5.60. The average Bonchev–Trinajstić information content (AvgIpc) is 2.31. The number of carboxylic acids is 1. The van der Waals surface area contributed by atoms with Gasteiger partial charge in [0, 0.05) is 11.0 Å². The van der Waals surface area contributed by atoms with Crippen molar-refractivity contribution in [1.29, 1.82) is 0 Å². The number of carbonyl (C=O) groups is 2. The van der Waals surface area contributed by atoms with E-state index in [-0.39, 0.29) is 24.5 Å². The molecule has 98 valence electrons. The number of hydrogen-bond acceptors (Lipinski definition) is 4. The number of carbonyl (C=O) groups excluding carboxylic acids is 1. The van der Waals surface area contributed by atoms with E-state index >= 15 is 0 Å². The number of ether oxygens (including phenoxy) is 1. The Balaban J connectivity index is 2.41. The third-order valence-corrected chi connectivity index (χ3v) is 2.45. The molecule has 0 unspecified atom stereocenters. The predicted octanol–water partition coefficient (Wildman–Crippen LogP) is 0.986. The second-order valence-electron chi connectivity index (χ2n) is 3.36. The highest BCUT2D eigenvalue weighted by atomic mass is 79.9. The van der Waals surface area contributed by atoms with E-state index in [0.717, 1.165) is 0 Å². The molecule has 0 atom stereocenters. The lowest BCUT2D eigenvalue weighted by molar-refractivity contribution is -0.142. The van der Waals surface area contributed by atoms with Gasteiger partial charge in [0.2, 0.25) is 0 Å². The Hall–Kier alpha value is -1.60. The molecule has 0 spiro atoms. The van der Waals surface area contributed by atoms with Crippen molar-refractivity contribution in [2.75, 3.05) is 19.8 Å². The highest BCUT2D eigenvalue weighted by Gasteiger charge is 2.10. The zero-order chi connectivity index (χ0) is 13.5. The van der Waals surface area contributed by atoms with Crippen molar-refractivity contribution in [3.8, 4) is 5.75 Å². The third-order valence-electron chi connectivity index (χ3n) is 1.96. The number of phenolic OH excluding ortho intramolecular Hbond substituents is 1. The Labute approximate surface area is 112 Å². The SMILES string of the molecule is O=C(O)COCCNC(=O)c1cc(Br)ccc1O. The molecule has 0 fully saturated rings. The summed E-state index contributed by atoms with van der Waals surface area (Å²) in [7, 11) is 0. The van der Waals surface area contributed by atoms with Crippen molar-refractivity contribution < 1.29 is 24.5 Å². The van der Waals surface area contributed by atoms with Gasteiger partial charge in [-0.25, -0.2) is 4.79 Å². The van der Waals surface area contributed by atoms with Gasteiger partial charge in [-0.15, -0.1) is 0 Å². The van der Waals surface area contributed by atoms with E-state index in [0.29, 0.717) is 4.47 Å². The number of halogens is 1. The first-order valence-corrected chi connectivity index (χ1v) is 5.86. The van der Waals surface area contributed by atoms with Gasteiger partial charge in [0.25, 0.3) is 5.91 Å². The summed E-state index contributed by atoms with van der Waals surface area (Å²) in [4.78, 5) is 21.8. The molecule has 3 N–H and O–H groups in total. The number of aromatic hydroxyl groups is 1. The normalized spacial score (nSPS) is 10.1. The molecule has 0 radical (unpaired) electrons. The van der Waals surface area contributed by atoms with Crippen LogP contribution >= 0.6 is 15.9 Å². The van der Waals surface area contributed by atoms with E-state index in [1.165, 1.54) is 12.1 Å². The van der Waals surface area contributed by atoms with Crippen LogP contribution in [0.25, 0.3) is 0 Å². The van der Waals surface area contributed by atoms with Crippen molar-refractivity contribution in [1.82, 2.24) is 5.32 Å². The topological polar surface area (TPSA) is 95.9 Å². The van der Waals surface area contributed by atoms with Crippen molar-refractivity contribution in [2.24, 2.45) is 0 Å². The van der Waals surface area contributed by atoms with Crippen molar-refractivity contribution >= 4 is 27.8 Å². The molecule has 0 saturated carbocycles. The maximum absolute atomic E-state index is 11.7. The minimum absolute atomic E-state index is 0.0901. The van der Waals surface area contributed by atoms with Crippen LogP contribution in [0.15, 0.2) is 22.7 Å². The lowest BCUT2D eigenvalue weighted by atomic mass is 10.2. The zero-order valence-corrected chi connectivity index (χ0v) is 10.9. The molecule has 1 rings (SSSR count). The van der Waals surface area contributed by atoms with Crippen LogP contribution < -0.4 is 5.32 Å². The number of hydrogen-bond donors (Lipinski definition) is 3. The van der Waals surface area contributed by atoms with Gasteiger partial charge in [-0.2, -0.15) is 0 Å². The zero-order valence-electron chi connectivity index (χ0n) is 9.35. The van der Waals surface area contributed by atoms with Crippen molar-refractivity contribution in [2.45, 2.75) is 0 Å². The summed E-state index contributed by atoms with van der Waals surface area (Å²) in [6, 6.07) is 4.50. The van der Waals surface area contributed by atoms with E-state index in [2.05, 4.69) is 21.2 Å². The van der Waals surface area contributed by atoms with E-state index in [4.69, 9.17) is 9.84 Å². The highest BCUT2D eigenvalue weighted by molar-refractivity contribution is 9.10. The molecule has 1 amide bonds. The summed E-state index contributed by atoms with van der Waals surface area (Å²) in [6.45, 7) is -0.150. The number of phenols is 1. The largest absolute Gasteiger partial charge is 0.507 e. The number of benzene rings is 1. The van der Waals surface area contributed by atoms with Crippen LogP contribution in [-0.2, 0) is 9.53 Å². The Morgan fingerprint density at radius 1 is 1.39 bits per heavy atom. The molecule has 1 aromatic carbocycles. The fourth-order valence-corrected chi connectivity index (χ4v) is 1.54. The van der Waals surface area contributed by atoms with Gasteiger partial charge in [-0.3, -0.25) is 4.79 Å². The summed E-state index contributed by atoms with van der Waals surface area (Å²) in [5.74, 6) is -1.64. The lowest BCUT2D eigenvalue weighted by Crippen LogP contribution is -2.28. The smallest absolute Gasteiger partial charge is 0.329 e. The van der Waals surface area contributed by atoms with Crippen LogP contribution in [0, 0.1) is 0 Å². The number of rotatable bonds is 6. The summed E-state index contributed by atoms with van der Waals surface area (Å²) in [5.41, 5.74) is 0.141. The molecule has 0 aliphatic heterocycles. The number of amides is 1. The quantitative estimate of drug-likeness (QED) is 0.680. The summed E-state index contributed by atoms with van der Waals surface area (Å²) in [6.07, 6.45) is 0. The van der Waals surface area contributed by atoms with Crippen LogP contribution in [0.5, 0.6) is 5.75 Å².